The first-order chi connectivity index (χ1) is 11.7. The predicted molar refractivity (Wildman–Crippen MR) is 96.3 cm³/mol. The van der Waals surface area contributed by atoms with E-state index in [1.54, 1.807) is 18.3 Å². The Kier molecular flexibility index (Phi) is 3.67. The molecule has 4 aromatic rings. The first kappa shape index (κ1) is 14.7. The molecular weight excluding hydrogens is 322 g/mol. The summed E-state index contributed by atoms with van der Waals surface area (Å²) >= 11 is 6.11. The Morgan fingerprint density at radius 2 is 1.92 bits per heavy atom. The van der Waals surface area contributed by atoms with Gasteiger partial charge in [-0.1, -0.05) is 35.9 Å². The molecule has 24 heavy (non-hydrogen) atoms. The average Bonchev–Trinajstić information content (AvgIpc) is 2.94. The molecule has 0 aliphatic carbocycles. The number of H-pyrrole nitrogens is 1. The van der Waals surface area contributed by atoms with Crippen molar-refractivity contribution >= 4 is 22.6 Å². The van der Waals surface area contributed by atoms with Crippen molar-refractivity contribution in [3.8, 4) is 11.4 Å². The van der Waals surface area contributed by atoms with Crippen LogP contribution in [-0.4, -0.2) is 14.5 Å². The SMILES string of the molecule is O=c1[nH]cccc1-c1nc2ccccc2n1Cc1cccc(Cl)c1. The lowest BCUT2D eigenvalue weighted by atomic mass is 10.2. The summed E-state index contributed by atoms with van der Waals surface area (Å²) in [5.41, 5.74) is 3.30. The molecule has 1 N–H and O–H groups in total. The van der Waals surface area contributed by atoms with E-state index in [1.807, 2.05) is 53.1 Å². The van der Waals surface area contributed by atoms with Gasteiger partial charge in [0, 0.05) is 17.8 Å². The highest BCUT2D eigenvalue weighted by atomic mass is 35.5. The minimum absolute atomic E-state index is 0.153. The number of hydrogen-bond donors (Lipinski definition) is 1. The molecule has 0 atom stereocenters. The van der Waals surface area contributed by atoms with Crippen LogP contribution in [0.15, 0.2) is 71.7 Å². The Labute approximate surface area is 143 Å². The van der Waals surface area contributed by atoms with Gasteiger partial charge in [0.2, 0.25) is 0 Å². The van der Waals surface area contributed by atoms with Crippen molar-refractivity contribution in [3.05, 3.63) is 87.8 Å². The minimum atomic E-state index is -0.153. The molecule has 2 aromatic carbocycles. The monoisotopic (exact) mass is 335 g/mol. The third kappa shape index (κ3) is 2.61. The largest absolute Gasteiger partial charge is 0.328 e. The van der Waals surface area contributed by atoms with Crippen LogP contribution < -0.4 is 5.56 Å². The Hall–Kier alpha value is -2.85. The summed E-state index contributed by atoms with van der Waals surface area (Å²) < 4.78 is 2.05. The molecule has 118 valence electrons. The molecule has 0 unspecified atom stereocenters. The molecular formula is C19H14ClN3O. The summed E-state index contributed by atoms with van der Waals surface area (Å²) in [7, 11) is 0. The van der Waals surface area contributed by atoms with E-state index in [1.165, 1.54) is 0 Å². The smallest absolute Gasteiger partial charge is 0.258 e. The number of rotatable bonds is 3. The van der Waals surface area contributed by atoms with Gasteiger partial charge in [-0.15, -0.1) is 0 Å². The van der Waals surface area contributed by atoms with Crippen molar-refractivity contribution in [2.45, 2.75) is 6.54 Å². The van der Waals surface area contributed by atoms with Gasteiger partial charge in [0.15, 0.2) is 0 Å². The lowest BCUT2D eigenvalue weighted by Crippen LogP contribution is -2.11. The molecule has 0 bridgehead atoms. The van der Waals surface area contributed by atoms with Crippen molar-refractivity contribution < 1.29 is 0 Å². The van der Waals surface area contributed by atoms with E-state index in [2.05, 4.69) is 9.97 Å². The Morgan fingerprint density at radius 1 is 1.04 bits per heavy atom. The molecule has 0 saturated carbocycles. The maximum absolute atomic E-state index is 12.2. The number of benzene rings is 2. The maximum atomic E-state index is 12.2. The number of nitrogens with zero attached hydrogens (tertiary/aromatic N) is 2. The molecule has 0 aliphatic heterocycles. The summed E-state index contributed by atoms with van der Waals surface area (Å²) in [6.45, 7) is 0.588. The average molecular weight is 336 g/mol. The van der Waals surface area contributed by atoms with Crippen molar-refractivity contribution in [1.29, 1.82) is 0 Å². The zero-order valence-electron chi connectivity index (χ0n) is 12.7. The van der Waals surface area contributed by atoms with Gasteiger partial charge >= 0.3 is 0 Å². The Morgan fingerprint density at radius 3 is 2.75 bits per heavy atom. The number of aromatic amines is 1. The van der Waals surface area contributed by atoms with Crippen LogP contribution in [0, 0.1) is 0 Å². The highest BCUT2D eigenvalue weighted by Gasteiger charge is 2.15. The second-order valence-electron chi connectivity index (χ2n) is 5.55. The van der Waals surface area contributed by atoms with Crippen molar-refractivity contribution in [1.82, 2.24) is 14.5 Å². The fraction of sp³-hybridized carbons (Fsp3) is 0.0526. The normalized spacial score (nSPS) is 11.0. The second kappa shape index (κ2) is 5.98. The van der Waals surface area contributed by atoms with E-state index < -0.39 is 0 Å². The van der Waals surface area contributed by atoms with Gasteiger partial charge in [0.1, 0.15) is 5.82 Å². The van der Waals surface area contributed by atoms with E-state index in [0.29, 0.717) is 23.0 Å². The fourth-order valence-electron chi connectivity index (χ4n) is 2.86. The second-order valence-corrected chi connectivity index (χ2v) is 5.99. The number of halogens is 1. The standard InChI is InChI=1S/C19H14ClN3O/c20-14-6-3-5-13(11-14)12-23-17-9-2-1-8-16(17)22-18(23)15-7-4-10-21-19(15)24/h1-11H,12H2,(H,21,24). The predicted octanol–water partition coefficient (Wildman–Crippen LogP) is 4.09. The molecule has 0 amide bonds. The van der Waals surface area contributed by atoms with Gasteiger partial charge in [-0.2, -0.15) is 0 Å². The maximum Gasteiger partial charge on any atom is 0.258 e. The number of imidazole rings is 1. The van der Waals surface area contributed by atoms with Gasteiger partial charge in [0.05, 0.1) is 16.6 Å². The number of para-hydroxylation sites is 2. The molecule has 4 nitrogen and oxygen atoms in total. The van der Waals surface area contributed by atoms with E-state index in [4.69, 9.17) is 11.6 Å². The molecule has 2 aromatic heterocycles. The van der Waals surface area contributed by atoms with E-state index >= 15 is 0 Å². The van der Waals surface area contributed by atoms with Crippen LogP contribution in [0.5, 0.6) is 0 Å². The van der Waals surface area contributed by atoms with Crippen LogP contribution in [0.2, 0.25) is 5.02 Å². The molecule has 2 heterocycles. The van der Waals surface area contributed by atoms with Crippen LogP contribution >= 0.6 is 11.6 Å². The molecule has 4 rings (SSSR count). The lowest BCUT2D eigenvalue weighted by molar-refractivity contribution is 0.832. The third-order valence-electron chi connectivity index (χ3n) is 3.94. The minimum Gasteiger partial charge on any atom is -0.328 e. The van der Waals surface area contributed by atoms with Gasteiger partial charge in [-0.25, -0.2) is 4.98 Å². The molecule has 0 saturated heterocycles. The van der Waals surface area contributed by atoms with E-state index in [-0.39, 0.29) is 5.56 Å². The van der Waals surface area contributed by atoms with E-state index in [0.717, 1.165) is 16.6 Å². The summed E-state index contributed by atoms with van der Waals surface area (Å²) in [5.74, 6) is 0.651. The molecule has 5 heteroatoms. The van der Waals surface area contributed by atoms with Crippen molar-refractivity contribution in [2.75, 3.05) is 0 Å². The first-order valence-corrected chi connectivity index (χ1v) is 7.98. The van der Waals surface area contributed by atoms with Gasteiger partial charge in [-0.05, 0) is 42.0 Å². The van der Waals surface area contributed by atoms with Crippen LogP contribution in [-0.2, 0) is 6.54 Å². The Bertz CT molecular complexity index is 1080. The number of aromatic nitrogens is 3. The van der Waals surface area contributed by atoms with Crippen molar-refractivity contribution in [3.63, 3.8) is 0 Å². The highest BCUT2D eigenvalue weighted by molar-refractivity contribution is 6.30. The third-order valence-corrected chi connectivity index (χ3v) is 4.18. The number of hydrogen-bond acceptors (Lipinski definition) is 2. The van der Waals surface area contributed by atoms with Crippen molar-refractivity contribution in [2.24, 2.45) is 0 Å². The van der Waals surface area contributed by atoms with Gasteiger partial charge < -0.3 is 9.55 Å². The van der Waals surface area contributed by atoms with Crippen LogP contribution in [0.4, 0.5) is 0 Å². The molecule has 0 radical (unpaired) electrons. The quantitative estimate of drug-likeness (QED) is 0.613. The summed E-state index contributed by atoms with van der Waals surface area (Å²) in [6.07, 6.45) is 1.62. The van der Waals surface area contributed by atoms with Gasteiger partial charge in [-0.3, -0.25) is 4.79 Å². The lowest BCUT2D eigenvalue weighted by Gasteiger charge is -2.09. The number of pyridine rings is 1. The fourth-order valence-corrected chi connectivity index (χ4v) is 3.07. The summed E-state index contributed by atoms with van der Waals surface area (Å²) in [5, 5.41) is 0.691. The zero-order chi connectivity index (χ0) is 16.5. The van der Waals surface area contributed by atoms with Crippen LogP contribution in [0.3, 0.4) is 0 Å². The molecule has 0 fully saturated rings. The van der Waals surface area contributed by atoms with Crippen LogP contribution in [0.1, 0.15) is 5.56 Å². The van der Waals surface area contributed by atoms with Gasteiger partial charge in [0.25, 0.3) is 5.56 Å². The zero-order valence-corrected chi connectivity index (χ0v) is 13.5. The number of nitrogens with one attached hydrogen (secondary N) is 1. The van der Waals surface area contributed by atoms with Crippen LogP contribution in [0.25, 0.3) is 22.4 Å². The summed E-state index contributed by atoms with van der Waals surface area (Å²) in [6, 6.07) is 19.2. The molecule has 0 spiro atoms. The Balaban J connectivity index is 1.94. The summed E-state index contributed by atoms with van der Waals surface area (Å²) in [4.78, 5) is 19.6. The first-order valence-electron chi connectivity index (χ1n) is 7.60. The number of fused-ring (bicyclic) bond motifs is 1. The highest BCUT2D eigenvalue weighted by Crippen LogP contribution is 2.24. The molecule has 0 aliphatic rings. The van der Waals surface area contributed by atoms with E-state index in [9.17, 15) is 4.79 Å². The topological polar surface area (TPSA) is 50.7 Å².